The van der Waals surface area contributed by atoms with E-state index in [1.165, 1.54) is 0 Å². The summed E-state index contributed by atoms with van der Waals surface area (Å²) in [4.78, 5) is 16.9. The Morgan fingerprint density at radius 2 is 2.21 bits per heavy atom. The monoisotopic (exact) mass is 412 g/mol. The average molecular weight is 413 g/mol. The van der Waals surface area contributed by atoms with Crippen LogP contribution in [0.4, 0.5) is 4.79 Å². The molecule has 130 valence electrons. The van der Waals surface area contributed by atoms with Crippen molar-refractivity contribution in [1.29, 1.82) is 0 Å². The molecule has 0 aromatic heterocycles. The lowest BCUT2D eigenvalue weighted by molar-refractivity contribution is 0.0564. The van der Waals surface area contributed by atoms with Gasteiger partial charge in [0.25, 0.3) is 0 Å². The number of alkyl carbamates (subject to hydrolysis) is 1. The summed E-state index contributed by atoms with van der Waals surface area (Å²) < 4.78 is 12.1. The summed E-state index contributed by atoms with van der Waals surface area (Å²) in [7, 11) is 0. The lowest BCUT2D eigenvalue weighted by Gasteiger charge is -2.38. The molecule has 1 aromatic rings. The van der Waals surface area contributed by atoms with Gasteiger partial charge in [0.1, 0.15) is 11.4 Å². The van der Waals surface area contributed by atoms with Crippen molar-refractivity contribution in [1.82, 2.24) is 5.32 Å². The van der Waals surface area contributed by atoms with Crippen LogP contribution in [0.3, 0.4) is 0 Å². The van der Waals surface area contributed by atoms with Crippen LogP contribution >= 0.6 is 27.7 Å². The van der Waals surface area contributed by atoms with Gasteiger partial charge in [-0.3, -0.25) is 10.3 Å². The molecule has 0 saturated carbocycles. The summed E-state index contributed by atoms with van der Waals surface area (Å²) >= 11 is 5.08. The van der Waals surface area contributed by atoms with Gasteiger partial charge in [-0.25, -0.2) is 4.79 Å². The van der Waals surface area contributed by atoms with Crippen molar-refractivity contribution in [2.75, 3.05) is 12.4 Å². The highest BCUT2D eigenvalue weighted by Crippen LogP contribution is 2.46. The van der Waals surface area contributed by atoms with Crippen LogP contribution in [-0.2, 0) is 10.3 Å². The maximum Gasteiger partial charge on any atom is 0.413 e. The van der Waals surface area contributed by atoms with Crippen LogP contribution in [0.1, 0.15) is 39.2 Å². The molecule has 1 N–H and O–H groups in total. The number of amidine groups is 1. The van der Waals surface area contributed by atoms with E-state index in [1.807, 2.05) is 32.9 Å². The third-order valence-electron chi connectivity index (χ3n) is 3.89. The highest BCUT2D eigenvalue weighted by atomic mass is 79.9. The number of benzene rings is 1. The number of carbonyl (C=O) groups is 1. The lowest BCUT2D eigenvalue weighted by atomic mass is 9.83. The Balaban J connectivity index is 1.87. The smallest absolute Gasteiger partial charge is 0.413 e. The summed E-state index contributed by atoms with van der Waals surface area (Å²) in [6.45, 7) is 6.16. The summed E-state index contributed by atoms with van der Waals surface area (Å²) in [6.07, 6.45) is 1.26. The number of nitrogens with one attached hydrogen (secondary N) is 1. The molecular weight excluding hydrogens is 392 g/mol. The predicted octanol–water partition coefficient (Wildman–Crippen LogP) is 4.44. The van der Waals surface area contributed by atoms with E-state index < -0.39 is 11.7 Å². The maximum absolute atomic E-state index is 12.0. The van der Waals surface area contributed by atoms with Gasteiger partial charge in [-0.15, -0.1) is 0 Å². The first-order valence-electron chi connectivity index (χ1n) is 7.93. The van der Waals surface area contributed by atoms with E-state index in [9.17, 15) is 4.79 Å². The lowest BCUT2D eigenvalue weighted by Crippen LogP contribution is -2.41. The van der Waals surface area contributed by atoms with Crippen molar-refractivity contribution in [2.45, 2.75) is 44.8 Å². The Bertz CT molecular complexity index is 687. The molecule has 3 rings (SSSR count). The van der Waals surface area contributed by atoms with E-state index in [0.717, 1.165) is 34.4 Å². The first-order chi connectivity index (χ1) is 11.3. The first kappa shape index (κ1) is 17.6. The van der Waals surface area contributed by atoms with E-state index in [0.29, 0.717) is 11.8 Å². The third-order valence-corrected chi connectivity index (χ3v) is 5.26. The Morgan fingerprint density at radius 1 is 1.42 bits per heavy atom. The van der Waals surface area contributed by atoms with Crippen molar-refractivity contribution in [3.8, 4) is 5.75 Å². The van der Waals surface area contributed by atoms with E-state index in [1.54, 1.807) is 11.8 Å². The zero-order valence-corrected chi connectivity index (χ0v) is 16.4. The summed E-state index contributed by atoms with van der Waals surface area (Å²) in [5.41, 5.74) is 0.206. The Labute approximate surface area is 154 Å². The van der Waals surface area contributed by atoms with Gasteiger partial charge in [-0.2, -0.15) is 0 Å². The zero-order valence-electron chi connectivity index (χ0n) is 14.0. The van der Waals surface area contributed by atoms with Gasteiger partial charge in [-0.05, 0) is 45.4 Å². The summed E-state index contributed by atoms with van der Waals surface area (Å²) in [5.74, 6) is 1.76. The molecule has 0 aliphatic carbocycles. The first-order valence-corrected chi connectivity index (χ1v) is 9.71. The second-order valence-corrected chi connectivity index (χ2v) is 8.91. The molecule has 1 amide bonds. The van der Waals surface area contributed by atoms with Crippen LogP contribution in [-0.4, -0.2) is 29.2 Å². The van der Waals surface area contributed by atoms with Gasteiger partial charge >= 0.3 is 6.09 Å². The fourth-order valence-electron chi connectivity index (χ4n) is 2.89. The molecule has 0 bridgehead atoms. The molecule has 0 fully saturated rings. The molecule has 24 heavy (non-hydrogen) atoms. The number of thioether (sulfide) groups is 1. The number of carbonyl (C=O) groups excluding carboxylic acids is 1. The minimum atomic E-state index is -0.530. The molecular formula is C17H21BrN2O3S. The molecule has 1 aromatic carbocycles. The molecule has 1 atom stereocenters. The highest BCUT2D eigenvalue weighted by molar-refractivity contribution is 9.10. The number of fused-ring (bicyclic) bond motifs is 2. The van der Waals surface area contributed by atoms with Gasteiger partial charge < -0.3 is 9.47 Å². The van der Waals surface area contributed by atoms with Crippen molar-refractivity contribution in [3.63, 3.8) is 0 Å². The Morgan fingerprint density at radius 3 is 2.96 bits per heavy atom. The molecule has 5 nitrogen and oxygen atoms in total. The van der Waals surface area contributed by atoms with Crippen molar-refractivity contribution >= 4 is 39.0 Å². The maximum atomic E-state index is 12.0. The van der Waals surface area contributed by atoms with Crippen LogP contribution in [0.2, 0.25) is 0 Å². The van der Waals surface area contributed by atoms with Crippen LogP contribution in [0, 0.1) is 0 Å². The van der Waals surface area contributed by atoms with Crippen molar-refractivity contribution in [3.05, 3.63) is 28.2 Å². The van der Waals surface area contributed by atoms with E-state index in [4.69, 9.17) is 14.5 Å². The Kier molecular flexibility index (Phi) is 4.84. The fourth-order valence-corrected chi connectivity index (χ4v) is 4.28. The van der Waals surface area contributed by atoms with Gasteiger partial charge in [-0.1, -0.05) is 27.7 Å². The molecule has 0 radical (unpaired) electrons. The van der Waals surface area contributed by atoms with Crippen LogP contribution in [0.5, 0.6) is 5.75 Å². The second kappa shape index (κ2) is 6.59. The van der Waals surface area contributed by atoms with Crippen LogP contribution < -0.4 is 10.1 Å². The molecule has 0 saturated heterocycles. The Hall–Kier alpha value is -1.21. The van der Waals surface area contributed by atoms with Crippen molar-refractivity contribution in [2.24, 2.45) is 4.99 Å². The summed E-state index contributed by atoms with van der Waals surface area (Å²) in [5, 5.41) is 3.41. The molecule has 1 spiro atoms. The number of halogens is 1. The highest BCUT2D eigenvalue weighted by Gasteiger charge is 2.40. The number of hydrogen-bond acceptors (Lipinski definition) is 5. The van der Waals surface area contributed by atoms with Gasteiger partial charge in [0.15, 0.2) is 5.17 Å². The third kappa shape index (κ3) is 3.88. The topological polar surface area (TPSA) is 59.9 Å². The molecule has 2 aliphatic heterocycles. The van der Waals surface area contributed by atoms with Gasteiger partial charge in [0.2, 0.25) is 0 Å². The van der Waals surface area contributed by atoms with Crippen molar-refractivity contribution < 1.29 is 14.3 Å². The predicted molar refractivity (Wildman–Crippen MR) is 99.8 cm³/mol. The molecule has 2 aliphatic rings. The average Bonchev–Trinajstić information content (AvgIpc) is 2.46. The van der Waals surface area contributed by atoms with E-state index >= 15 is 0 Å². The van der Waals surface area contributed by atoms with Crippen LogP contribution in [0.25, 0.3) is 0 Å². The second-order valence-electron chi connectivity index (χ2n) is 6.91. The fraction of sp³-hybridized carbons (Fsp3) is 0.529. The molecule has 1 unspecified atom stereocenters. The van der Waals surface area contributed by atoms with Gasteiger partial charge in [0.05, 0.1) is 12.1 Å². The summed E-state index contributed by atoms with van der Waals surface area (Å²) in [6, 6.07) is 6.01. The number of aliphatic imine (C=N–C) groups is 1. The number of rotatable bonds is 0. The minimum Gasteiger partial charge on any atom is -0.493 e. The normalized spacial score (nSPS) is 23.1. The molecule has 7 heteroatoms. The molecule has 2 heterocycles. The van der Waals surface area contributed by atoms with E-state index in [-0.39, 0.29) is 5.54 Å². The van der Waals surface area contributed by atoms with Crippen LogP contribution in [0.15, 0.2) is 27.7 Å². The number of amides is 1. The number of nitrogens with zero attached hydrogens (tertiary/aromatic N) is 1. The number of hydrogen-bond donors (Lipinski definition) is 1. The SMILES string of the molecule is CC(C)(C)OC(=O)NC1=NC2(CCOc3ccc(Br)cc32)CCS1. The largest absolute Gasteiger partial charge is 0.493 e. The van der Waals surface area contributed by atoms with Gasteiger partial charge in [0, 0.05) is 22.2 Å². The van der Waals surface area contributed by atoms with E-state index in [2.05, 4.69) is 27.3 Å². The quantitative estimate of drug-likeness (QED) is 0.683. The number of ether oxygens (including phenoxy) is 2. The zero-order chi connectivity index (χ0) is 17.4. The minimum absolute atomic E-state index is 0.340. The standard InChI is InChI=1S/C17H21BrN2O3S/c1-16(2,3)23-15(21)19-14-20-17(7-9-24-14)6-8-22-13-5-4-11(18)10-12(13)17/h4-5,10H,6-9H2,1-3H3,(H,19,20,21).